The van der Waals surface area contributed by atoms with Gasteiger partial charge in [-0.25, -0.2) is 0 Å². The summed E-state index contributed by atoms with van der Waals surface area (Å²) >= 11 is 0. The van der Waals surface area contributed by atoms with Crippen LogP contribution in [0.3, 0.4) is 0 Å². The highest BCUT2D eigenvalue weighted by Gasteiger charge is 1.61. The van der Waals surface area contributed by atoms with E-state index in [1.807, 2.05) is 27.7 Å². The molecule has 0 aromatic carbocycles. The minimum absolute atomic E-state index is 2.00. The fourth-order valence-corrected chi connectivity index (χ4v) is 0. The molecule has 0 aromatic rings. The second-order valence-corrected chi connectivity index (χ2v) is 0.848. The standard InChI is InChI=1S/2C2H6.H3O3P/c2*1-2;1-4(2)3/h2*1-2H3;4H,(H2,1,2,3). The molecule has 0 amide bonds. The van der Waals surface area contributed by atoms with E-state index in [9.17, 15) is 0 Å². The topological polar surface area (TPSA) is 57.5 Å². The van der Waals surface area contributed by atoms with Crippen molar-refractivity contribution < 1.29 is 14.4 Å². The minimum Gasteiger partial charge on any atom is -0.326 e. The highest BCUT2D eigenvalue weighted by atomic mass is 31.1. The summed E-state index contributed by atoms with van der Waals surface area (Å²) in [5.74, 6) is 0. The molecule has 4 heteroatoms. The lowest BCUT2D eigenvalue weighted by molar-refractivity contribution is 0.405. The SMILES string of the molecule is CC.CC.O=[PH](O)O. The molecule has 0 spiro atoms. The van der Waals surface area contributed by atoms with Crippen LogP contribution in [0.1, 0.15) is 27.7 Å². The molecule has 0 aliphatic heterocycles. The quantitative estimate of drug-likeness (QED) is 0.503. The van der Waals surface area contributed by atoms with Gasteiger partial charge < -0.3 is 9.79 Å². The molecule has 2 N–H and O–H groups in total. The van der Waals surface area contributed by atoms with Crippen LogP contribution in [-0.4, -0.2) is 9.79 Å². The lowest BCUT2D eigenvalue weighted by Gasteiger charge is -1.61. The van der Waals surface area contributed by atoms with Crippen molar-refractivity contribution in [3.05, 3.63) is 0 Å². The van der Waals surface area contributed by atoms with E-state index in [1.165, 1.54) is 0 Å². The Labute approximate surface area is 51.3 Å². The molecule has 0 saturated heterocycles. The van der Waals surface area contributed by atoms with E-state index in [-0.39, 0.29) is 0 Å². The van der Waals surface area contributed by atoms with E-state index < -0.39 is 8.25 Å². The molecular weight excluding hydrogens is 127 g/mol. The Bertz CT molecular complexity index is 34.3. The Morgan fingerprint density at radius 3 is 1.00 bits per heavy atom. The normalized spacial score (nSPS) is 5.88. The largest absolute Gasteiger partial charge is 0.326 e. The van der Waals surface area contributed by atoms with Gasteiger partial charge in [0, 0.05) is 0 Å². The zero-order chi connectivity index (χ0) is 7.58. The van der Waals surface area contributed by atoms with E-state index in [1.54, 1.807) is 0 Å². The monoisotopic (exact) mass is 142 g/mol. The highest BCUT2D eigenvalue weighted by molar-refractivity contribution is 7.30. The van der Waals surface area contributed by atoms with Crippen LogP contribution in [0.5, 0.6) is 0 Å². The van der Waals surface area contributed by atoms with E-state index in [2.05, 4.69) is 0 Å². The maximum Gasteiger partial charge on any atom is 0.314 e. The van der Waals surface area contributed by atoms with Crippen molar-refractivity contribution in [1.29, 1.82) is 0 Å². The number of hydrogen-bond donors (Lipinski definition) is 2. The fraction of sp³-hybridized carbons (Fsp3) is 1.00. The summed E-state index contributed by atoms with van der Waals surface area (Å²) in [7, 11) is -3.13. The smallest absolute Gasteiger partial charge is 0.314 e. The van der Waals surface area contributed by atoms with Crippen molar-refractivity contribution in [1.82, 2.24) is 0 Å². The van der Waals surface area contributed by atoms with E-state index in [4.69, 9.17) is 14.4 Å². The summed E-state index contributed by atoms with van der Waals surface area (Å²) in [4.78, 5) is 14.3. The Kier molecular flexibility index (Phi) is 53.5. The second kappa shape index (κ2) is 27.3. The molecule has 0 heterocycles. The zero-order valence-corrected chi connectivity index (χ0v) is 6.80. The van der Waals surface area contributed by atoms with Gasteiger partial charge in [-0.1, -0.05) is 27.7 Å². The van der Waals surface area contributed by atoms with Crippen LogP contribution >= 0.6 is 8.25 Å². The maximum atomic E-state index is 8.74. The van der Waals surface area contributed by atoms with Crippen LogP contribution in [0.2, 0.25) is 0 Å². The maximum absolute atomic E-state index is 8.74. The highest BCUT2D eigenvalue weighted by Crippen LogP contribution is 1.98. The first kappa shape index (κ1) is 15.7. The first-order chi connectivity index (χ1) is 3.73. The molecule has 54 valence electrons. The molecule has 0 aliphatic carbocycles. The molecule has 8 heavy (non-hydrogen) atoms. The Balaban J connectivity index is -0.0000000542. The summed E-state index contributed by atoms with van der Waals surface area (Å²) in [6, 6.07) is 0. The number of rotatable bonds is 0. The summed E-state index contributed by atoms with van der Waals surface area (Å²) in [6.45, 7) is 8.00. The summed E-state index contributed by atoms with van der Waals surface area (Å²) < 4.78 is 8.74. The van der Waals surface area contributed by atoms with Crippen LogP contribution in [0.15, 0.2) is 0 Å². The third-order valence-corrected chi connectivity index (χ3v) is 0. The molecule has 0 unspecified atom stereocenters. The Morgan fingerprint density at radius 1 is 1.00 bits per heavy atom. The predicted octanol–water partition coefficient (Wildman–Crippen LogP) is 1.41. The lowest BCUT2D eigenvalue weighted by atomic mass is 11.0. The van der Waals surface area contributed by atoms with Gasteiger partial charge in [0.05, 0.1) is 0 Å². The molecule has 0 aromatic heterocycles. The third kappa shape index (κ3) is 7250. The molecule has 0 aliphatic rings. The average Bonchev–Trinajstić information content (AvgIpc) is 1.75. The Morgan fingerprint density at radius 2 is 1.00 bits per heavy atom. The van der Waals surface area contributed by atoms with Gasteiger partial charge in [-0.2, -0.15) is 0 Å². The molecule has 0 bridgehead atoms. The van der Waals surface area contributed by atoms with Gasteiger partial charge in [0.25, 0.3) is 0 Å². The van der Waals surface area contributed by atoms with Crippen LogP contribution in [-0.2, 0) is 4.57 Å². The van der Waals surface area contributed by atoms with Gasteiger partial charge in [0.15, 0.2) is 0 Å². The van der Waals surface area contributed by atoms with Crippen LogP contribution in [0.4, 0.5) is 0 Å². The Hall–Kier alpha value is 0.150. The van der Waals surface area contributed by atoms with Crippen molar-refractivity contribution in [2.75, 3.05) is 0 Å². The van der Waals surface area contributed by atoms with Gasteiger partial charge in [-0.15, -0.1) is 0 Å². The van der Waals surface area contributed by atoms with E-state index in [0.29, 0.717) is 0 Å². The van der Waals surface area contributed by atoms with Crippen molar-refractivity contribution in [2.24, 2.45) is 0 Å². The first-order valence-corrected chi connectivity index (χ1v) is 3.95. The van der Waals surface area contributed by atoms with Crippen LogP contribution in [0.25, 0.3) is 0 Å². The van der Waals surface area contributed by atoms with Crippen molar-refractivity contribution in [3.63, 3.8) is 0 Å². The average molecular weight is 142 g/mol. The first-order valence-electron chi connectivity index (χ1n) is 2.65. The van der Waals surface area contributed by atoms with Crippen molar-refractivity contribution in [3.8, 4) is 0 Å². The van der Waals surface area contributed by atoms with Crippen LogP contribution in [0, 0.1) is 0 Å². The predicted molar refractivity (Wildman–Crippen MR) is 36.1 cm³/mol. The van der Waals surface area contributed by atoms with E-state index in [0.717, 1.165) is 0 Å². The number of hydrogen-bond acceptors (Lipinski definition) is 1. The van der Waals surface area contributed by atoms with Gasteiger partial charge in [-0.3, -0.25) is 4.57 Å². The van der Waals surface area contributed by atoms with Gasteiger partial charge in [0.2, 0.25) is 0 Å². The molecular formula is C4H15O3P. The second-order valence-electron chi connectivity index (χ2n) is 0.283. The molecule has 0 radical (unpaired) electrons. The van der Waals surface area contributed by atoms with Crippen molar-refractivity contribution >= 4 is 8.25 Å². The van der Waals surface area contributed by atoms with Gasteiger partial charge in [0.1, 0.15) is 0 Å². The van der Waals surface area contributed by atoms with Crippen molar-refractivity contribution in [2.45, 2.75) is 27.7 Å². The summed E-state index contributed by atoms with van der Waals surface area (Å²) in [5.41, 5.74) is 0. The molecule has 0 rings (SSSR count). The minimum atomic E-state index is -3.13. The van der Waals surface area contributed by atoms with Crippen LogP contribution < -0.4 is 0 Å². The fourth-order valence-electron chi connectivity index (χ4n) is 0. The van der Waals surface area contributed by atoms with Gasteiger partial charge in [-0.05, 0) is 0 Å². The lowest BCUT2D eigenvalue weighted by Crippen LogP contribution is -1.38. The molecule has 0 atom stereocenters. The zero-order valence-electron chi connectivity index (χ0n) is 5.80. The van der Waals surface area contributed by atoms with E-state index >= 15 is 0 Å². The third-order valence-electron chi connectivity index (χ3n) is 0. The molecule has 0 saturated carbocycles. The summed E-state index contributed by atoms with van der Waals surface area (Å²) in [6.07, 6.45) is 0. The summed E-state index contributed by atoms with van der Waals surface area (Å²) in [5, 5.41) is 0. The molecule has 0 fully saturated rings. The van der Waals surface area contributed by atoms with Gasteiger partial charge >= 0.3 is 8.25 Å². The molecule has 3 nitrogen and oxygen atoms in total.